The van der Waals surface area contributed by atoms with Crippen LogP contribution in [0.4, 0.5) is 13.2 Å². The van der Waals surface area contributed by atoms with E-state index in [2.05, 4.69) is 0 Å². The Hall–Kier alpha value is -3.40. The van der Waals surface area contributed by atoms with Crippen LogP contribution in [0.2, 0.25) is 0 Å². The summed E-state index contributed by atoms with van der Waals surface area (Å²) in [5.74, 6) is -2.91. The van der Waals surface area contributed by atoms with Crippen LogP contribution in [-0.2, 0) is 5.75 Å². The number of thioether (sulfide) groups is 1. The largest absolute Gasteiger partial charge is 0.502 e. The van der Waals surface area contributed by atoms with Gasteiger partial charge >= 0.3 is 0 Å². The molecule has 6 nitrogen and oxygen atoms in total. The molecule has 1 atom stereocenters. The number of hydrogen-bond donors (Lipinski definition) is 1. The van der Waals surface area contributed by atoms with Crippen LogP contribution in [0.1, 0.15) is 52.5 Å². The van der Waals surface area contributed by atoms with Gasteiger partial charge in [0.1, 0.15) is 12.3 Å². The van der Waals surface area contributed by atoms with Crippen molar-refractivity contribution in [2.24, 2.45) is 0 Å². The van der Waals surface area contributed by atoms with E-state index in [1.54, 1.807) is 11.1 Å². The molecule has 3 fully saturated rings. The van der Waals surface area contributed by atoms with Crippen molar-refractivity contribution in [2.75, 3.05) is 11.7 Å². The van der Waals surface area contributed by atoms with Crippen LogP contribution in [0, 0.1) is 11.6 Å². The second-order valence-electron chi connectivity index (χ2n) is 10.1. The third-order valence-corrected chi connectivity index (χ3v) is 9.10. The summed E-state index contributed by atoms with van der Waals surface area (Å²) in [6, 6.07) is 10.6. The van der Waals surface area contributed by atoms with Crippen molar-refractivity contribution >= 4 is 17.7 Å². The van der Waals surface area contributed by atoms with Crippen molar-refractivity contribution in [1.29, 1.82) is 0 Å². The molecule has 0 saturated heterocycles. The van der Waals surface area contributed by atoms with Gasteiger partial charge in [0.2, 0.25) is 5.43 Å². The number of pyridine rings is 1. The van der Waals surface area contributed by atoms with Crippen LogP contribution in [0.15, 0.2) is 58.4 Å². The number of benzene rings is 2. The van der Waals surface area contributed by atoms with Crippen LogP contribution >= 0.6 is 11.8 Å². The second kappa shape index (κ2) is 7.09. The smallest absolute Gasteiger partial charge is 0.278 e. The van der Waals surface area contributed by atoms with E-state index in [-0.39, 0.29) is 42.9 Å². The maximum atomic E-state index is 15.1. The number of carbonyl (C=O) groups is 1. The first-order chi connectivity index (χ1) is 17.2. The van der Waals surface area contributed by atoms with Gasteiger partial charge in [-0.2, -0.15) is 0 Å². The number of aromatic nitrogens is 1. The zero-order valence-electron chi connectivity index (χ0n) is 18.9. The Balaban J connectivity index is 1.47. The maximum Gasteiger partial charge on any atom is 0.278 e. The molecule has 2 bridgehead atoms. The molecule has 1 aromatic heterocycles. The molecule has 0 spiro atoms. The van der Waals surface area contributed by atoms with Crippen molar-refractivity contribution < 1.29 is 23.1 Å². The topological polar surface area (TPSA) is 65.8 Å². The standard InChI is InChI=1S/C26H20F3N3O3S/c27-17-6-5-14-16(20(17)28)9-36-19-4-2-1-3-15(19)21(14)32-13-30(26-10-25(29,11-26)12-26)24(35)22-23(34)18(33)7-8-31(22)32/h1-8,21,34H,9-13H2/t21-,25?,26?/m0/s1. The van der Waals surface area contributed by atoms with E-state index < -0.39 is 46.0 Å². The molecule has 0 radical (unpaired) electrons. The van der Waals surface area contributed by atoms with E-state index in [1.807, 2.05) is 24.3 Å². The van der Waals surface area contributed by atoms with Crippen LogP contribution in [0.5, 0.6) is 5.75 Å². The summed E-state index contributed by atoms with van der Waals surface area (Å²) in [6.07, 6.45) is 2.01. The number of halogens is 3. The van der Waals surface area contributed by atoms with E-state index in [0.29, 0.717) is 5.56 Å². The number of aromatic hydroxyl groups is 1. The quantitative estimate of drug-likeness (QED) is 0.558. The SMILES string of the molecule is O=C1c2c(O)c(=O)ccn2N([C@@H]2c3ccccc3SCc3c2ccc(F)c3F)CN1C12CC(F)(C1)C2. The molecule has 184 valence electrons. The molecule has 10 heteroatoms. The molecule has 1 amide bonds. The third-order valence-electron chi connectivity index (χ3n) is 7.99. The maximum absolute atomic E-state index is 15.1. The molecule has 1 N–H and O–H groups in total. The highest BCUT2D eigenvalue weighted by atomic mass is 32.2. The average Bonchev–Trinajstić information content (AvgIpc) is 2.99. The summed E-state index contributed by atoms with van der Waals surface area (Å²) in [5.41, 5.74) is -1.35. The number of amides is 1. The van der Waals surface area contributed by atoms with Crippen LogP contribution < -0.4 is 10.4 Å². The minimum Gasteiger partial charge on any atom is -0.502 e. The van der Waals surface area contributed by atoms with Crippen LogP contribution in [0.25, 0.3) is 0 Å². The van der Waals surface area contributed by atoms with Crippen molar-refractivity contribution in [3.63, 3.8) is 0 Å². The molecule has 3 aliphatic carbocycles. The highest BCUT2D eigenvalue weighted by Crippen LogP contribution is 2.66. The Labute approximate surface area is 207 Å². The van der Waals surface area contributed by atoms with Crippen molar-refractivity contribution in [1.82, 2.24) is 9.58 Å². The Kier molecular flexibility index (Phi) is 4.30. The number of fused-ring (bicyclic) bond motifs is 3. The lowest BCUT2D eigenvalue weighted by Gasteiger charge is -2.70. The minimum absolute atomic E-state index is 0.0202. The van der Waals surface area contributed by atoms with Gasteiger partial charge in [0.05, 0.1) is 11.6 Å². The van der Waals surface area contributed by atoms with E-state index in [0.717, 1.165) is 22.6 Å². The fraction of sp³-hybridized carbons (Fsp3) is 0.308. The summed E-state index contributed by atoms with van der Waals surface area (Å²) >= 11 is 1.39. The predicted octanol–water partition coefficient (Wildman–Crippen LogP) is 4.22. The lowest BCUT2D eigenvalue weighted by Crippen LogP contribution is -2.79. The molecule has 0 unspecified atom stereocenters. The number of rotatable bonds is 2. The van der Waals surface area contributed by atoms with Gasteiger partial charge in [-0.3, -0.25) is 19.3 Å². The van der Waals surface area contributed by atoms with E-state index in [9.17, 15) is 23.5 Å². The molecular weight excluding hydrogens is 491 g/mol. The molecular formula is C26H20F3N3O3S. The Morgan fingerprint density at radius 3 is 2.50 bits per heavy atom. The molecule has 2 aromatic carbocycles. The van der Waals surface area contributed by atoms with Gasteiger partial charge in [-0.1, -0.05) is 24.3 Å². The highest BCUT2D eigenvalue weighted by molar-refractivity contribution is 7.98. The van der Waals surface area contributed by atoms with Gasteiger partial charge in [-0.15, -0.1) is 11.8 Å². The molecule has 3 heterocycles. The van der Waals surface area contributed by atoms with Crippen LogP contribution in [-0.4, -0.2) is 38.5 Å². The first-order valence-electron chi connectivity index (χ1n) is 11.6. The highest BCUT2D eigenvalue weighted by Gasteiger charge is 2.73. The summed E-state index contributed by atoms with van der Waals surface area (Å²) in [5, 5.41) is 12.5. The van der Waals surface area contributed by atoms with Gasteiger partial charge in [0, 0.05) is 47.7 Å². The molecule has 2 aliphatic heterocycles. The fourth-order valence-corrected chi connectivity index (χ4v) is 7.41. The Morgan fingerprint density at radius 2 is 1.75 bits per heavy atom. The van der Waals surface area contributed by atoms with Crippen molar-refractivity contribution in [3.8, 4) is 5.75 Å². The van der Waals surface area contributed by atoms with Gasteiger partial charge in [0.25, 0.3) is 5.91 Å². The summed E-state index contributed by atoms with van der Waals surface area (Å²) < 4.78 is 45.3. The Morgan fingerprint density at radius 1 is 1.00 bits per heavy atom. The molecule has 36 heavy (non-hydrogen) atoms. The summed E-state index contributed by atoms with van der Waals surface area (Å²) in [7, 11) is 0. The van der Waals surface area contributed by atoms with Crippen molar-refractivity contribution in [3.05, 3.63) is 92.9 Å². The summed E-state index contributed by atoms with van der Waals surface area (Å²) in [4.78, 5) is 28.3. The predicted molar refractivity (Wildman–Crippen MR) is 126 cm³/mol. The molecule has 3 aromatic rings. The zero-order valence-corrected chi connectivity index (χ0v) is 19.7. The molecule has 8 rings (SSSR count). The zero-order chi connectivity index (χ0) is 25.0. The monoisotopic (exact) mass is 511 g/mol. The lowest BCUT2D eigenvalue weighted by molar-refractivity contribution is -0.214. The van der Waals surface area contributed by atoms with E-state index in [4.69, 9.17) is 0 Å². The third kappa shape index (κ3) is 2.76. The fourth-order valence-electron chi connectivity index (χ4n) is 6.29. The second-order valence-corrected chi connectivity index (χ2v) is 11.1. The van der Waals surface area contributed by atoms with E-state index >= 15 is 4.39 Å². The lowest BCUT2D eigenvalue weighted by atomic mass is 9.46. The number of nitrogens with zero attached hydrogens (tertiary/aromatic N) is 3. The number of hydrogen-bond acceptors (Lipinski definition) is 5. The number of carbonyl (C=O) groups excluding carboxylic acids is 1. The normalized spacial score (nSPS) is 27.9. The average molecular weight is 512 g/mol. The number of alkyl halides is 1. The van der Waals surface area contributed by atoms with E-state index in [1.165, 1.54) is 27.5 Å². The first-order valence-corrected chi connectivity index (χ1v) is 12.6. The van der Waals surface area contributed by atoms with Crippen LogP contribution in [0.3, 0.4) is 0 Å². The van der Waals surface area contributed by atoms with Gasteiger partial charge < -0.3 is 10.0 Å². The van der Waals surface area contributed by atoms with Gasteiger partial charge in [-0.25, -0.2) is 13.2 Å². The van der Waals surface area contributed by atoms with Gasteiger partial charge in [-0.05, 0) is 23.3 Å². The van der Waals surface area contributed by atoms with Crippen molar-refractivity contribution in [2.45, 2.75) is 47.2 Å². The molecule has 3 saturated carbocycles. The summed E-state index contributed by atoms with van der Waals surface area (Å²) in [6.45, 7) is 0.0202. The first kappa shape index (κ1) is 21.8. The molecule has 5 aliphatic rings. The van der Waals surface area contributed by atoms with Gasteiger partial charge in [0.15, 0.2) is 23.1 Å². The Bertz CT molecular complexity index is 1520. The minimum atomic E-state index is -1.28.